The first-order chi connectivity index (χ1) is 15.2. The van der Waals surface area contributed by atoms with Gasteiger partial charge in [0.15, 0.2) is 6.10 Å². The van der Waals surface area contributed by atoms with Crippen molar-refractivity contribution in [2.24, 2.45) is 0 Å². The summed E-state index contributed by atoms with van der Waals surface area (Å²) in [6, 6.07) is 10.1. The van der Waals surface area contributed by atoms with E-state index in [9.17, 15) is 28.3 Å². The Bertz CT molecular complexity index is 966. The molecule has 0 aromatic heterocycles. The van der Waals surface area contributed by atoms with Gasteiger partial charge in [0.1, 0.15) is 23.7 Å². The summed E-state index contributed by atoms with van der Waals surface area (Å²) < 4.78 is 26.7. The van der Waals surface area contributed by atoms with Gasteiger partial charge in [-0.2, -0.15) is 0 Å². The Morgan fingerprint density at radius 2 is 1.75 bits per heavy atom. The molecule has 1 fully saturated rings. The van der Waals surface area contributed by atoms with E-state index >= 15 is 0 Å². The largest absolute Gasteiger partial charge is 0.378 e. The first-order valence-corrected chi connectivity index (χ1v) is 10.3. The molecule has 3 rings (SSSR count). The predicted octanol–water partition coefficient (Wildman–Crippen LogP) is 1.68. The van der Waals surface area contributed by atoms with Gasteiger partial charge in [-0.3, -0.25) is 14.4 Å². The van der Waals surface area contributed by atoms with Crippen LogP contribution in [0.2, 0.25) is 0 Å². The van der Waals surface area contributed by atoms with Gasteiger partial charge in [0.2, 0.25) is 11.8 Å². The number of carbonyl (C=O) groups excluding carboxylic acids is 3. The van der Waals surface area contributed by atoms with Crippen LogP contribution in [0.3, 0.4) is 0 Å². The molecule has 1 aliphatic heterocycles. The smallest absolute Gasteiger partial charge is 0.254 e. The predicted molar refractivity (Wildman–Crippen MR) is 112 cm³/mol. The van der Waals surface area contributed by atoms with E-state index in [1.807, 2.05) is 30.3 Å². The fourth-order valence-corrected chi connectivity index (χ4v) is 3.69. The molecule has 7 nitrogen and oxygen atoms in total. The molecule has 0 saturated carbocycles. The molecule has 170 valence electrons. The zero-order valence-corrected chi connectivity index (χ0v) is 17.5. The second-order valence-electron chi connectivity index (χ2n) is 7.82. The molecule has 4 N–H and O–H groups in total. The van der Waals surface area contributed by atoms with E-state index in [0.717, 1.165) is 24.1 Å². The van der Waals surface area contributed by atoms with Crippen molar-refractivity contribution in [2.75, 3.05) is 6.54 Å². The first kappa shape index (κ1) is 23.3. The third-order valence-electron chi connectivity index (χ3n) is 5.42. The summed E-state index contributed by atoms with van der Waals surface area (Å²) in [5.74, 6) is -3.74. The van der Waals surface area contributed by atoms with Gasteiger partial charge in [-0.15, -0.1) is 0 Å². The average Bonchev–Trinajstić information content (AvgIpc) is 2.94. The standard InChI is InChI=1S/C23H25F2N3O4/c1-13(27-23(32)20(29)16-9-17(24)12-18(25)10-16)21(30)28-19-11-15(7-8-26-22(19)31)14-5-3-2-4-6-14/h2-6,9-10,12-13,15,19-20,29H,7-8,11H2,1H3,(H,26,31)(H,27,32)(H,28,30)/t13-,15-,19-,20+/m0/s1. The second kappa shape index (κ2) is 10.3. The van der Waals surface area contributed by atoms with Crippen LogP contribution in [0, 0.1) is 11.6 Å². The maximum atomic E-state index is 13.3. The van der Waals surface area contributed by atoms with Crippen molar-refractivity contribution in [2.45, 2.75) is 43.9 Å². The van der Waals surface area contributed by atoms with E-state index in [1.54, 1.807) is 0 Å². The summed E-state index contributed by atoms with van der Waals surface area (Å²) in [6.07, 6.45) is -0.739. The summed E-state index contributed by atoms with van der Waals surface area (Å²) in [6.45, 7) is 1.86. The van der Waals surface area contributed by atoms with Crippen LogP contribution in [-0.4, -0.2) is 41.5 Å². The van der Waals surface area contributed by atoms with E-state index in [0.29, 0.717) is 19.0 Å². The van der Waals surface area contributed by atoms with Crippen molar-refractivity contribution in [3.63, 3.8) is 0 Å². The minimum atomic E-state index is -1.86. The Balaban J connectivity index is 1.62. The van der Waals surface area contributed by atoms with Gasteiger partial charge < -0.3 is 21.1 Å². The molecule has 0 spiro atoms. The van der Waals surface area contributed by atoms with Crippen molar-refractivity contribution in [1.29, 1.82) is 0 Å². The number of benzene rings is 2. The van der Waals surface area contributed by atoms with Crippen LogP contribution in [0.1, 0.15) is 42.9 Å². The Morgan fingerprint density at radius 1 is 1.09 bits per heavy atom. The first-order valence-electron chi connectivity index (χ1n) is 10.3. The lowest BCUT2D eigenvalue weighted by Crippen LogP contribution is -2.52. The van der Waals surface area contributed by atoms with Gasteiger partial charge in [0, 0.05) is 12.6 Å². The molecule has 1 aliphatic rings. The maximum Gasteiger partial charge on any atom is 0.254 e. The molecule has 0 bridgehead atoms. The number of hydrogen-bond acceptors (Lipinski definition) is 4. The highest BCUT2D eigenvalue weighted by atomic mass is 19.1. The fraction of sp³-hybridized carbons (Fsp3) is 0.348. The van der Waals surface area contributed by atoms with E-state index in [2.05, 4.69) is 16.0 Å². The van der Waals surface area contributed by atoms with Crippen LogP contribution in [0.15, 0.2) is 48.5 Å². The normalized spacial score (nSPS) is 20.4. The molecule has 1 heterocycles. The molecule has 9 heteroatoms. The third kappa shape index (κ3) is 5.88. The van der Waals surface area contributed by atoms with Gasteiger partial charge in [0.05, 0.1) is 0 Å². The lowest BCUT2D eigenvalue weighted by atomic mass is 9.90. The molecular formula is C23H25F2N3O4. The summed E-state index contributed by atoms with van der Waals surface area (Å²) in [7, 11) is 0. The van der Waals surface area contributed by atoms with Crippen LogP contribution in [-0.2, 0) is 14.4 Å². The average molecular weight is 445 g/mol. The quantitative estimate of drug-likeness (QED) is 0.543. The molecule has 0 radical (unpaired) electrons. The summed E-state index contributed by atoms with van der Waals surface area (Å²) in [4.78, 5) is 37.3. The summed E-state index contributed by atoms with van der Waals surface area (Å²) >= 11 is 0. The van der Waals surface area contributed by atoms with Gasteiger partial charge in [-0.05, 0) is 48.9 Å². The van der Waals surface area contributed by atoms with Gasteiger partial charge in [-0.1, -0.05) is 30.3 Å². The van der Waals surface area contributed by atoms with Crippen molar-refractivity contribution in [3.05, 3.63) is 71.3 Å². The topological polar surface area (TPSA) is 108 Å². The number of nitrogens with one attached hydrogen (secondary N) is 3. The Morgan fingerprint density at radius 3 is 2.41 bits per heavy atom. The number of carbonyl (C=O) groups is 3. The molecule has 0 unspecified atom stereocenters. The number of halogens is 2. The highest BCUT2D eigenvalue weighted by molar-refractivity contribution is 5.93. The third-order valence-corrected chi connectivity index (χ3v) is 5.42. The number of aliphatic hydroxyl groups is 1. The number of amides is 3. The van der Waals surface area contributed by atoms with Crippen LogP contribution >= 0.6 is 0 Å². The molecule has 0 aliphatic carbocycles. The Hall–Kier alpha value is -3.33. The number of rotatable bonds is 6. The van der Waals surface area contributed by atoms with E-state index in [4.69, 9.17) is 0 Å². The lowest BCUT2D eigenvalue weighted by molar-refractivity contribution is -0.135. The van der Waals surface area contributed by atoms with Crippen LogP contribution < -0.4 is 16.0 Å². The van der Waals surface area contributed by atoms with Crippen molar-refractivity contribution >= 4 is 17.7 Å². The Kier molecular flexibility index (Phi) is 7.53. The van der Waals surface area contributed by atoms with Crippen molar-refractivity contribution < 1.29 is 28.3 Å². The number of hydrogen-bond donors (Lipinski definition) is 4. The molecule has 3 amide bonds. The van der Waals surface area contributed by atoms with Crippen LogP contribution in [0.25, 0.3) is 0 Å². The second-order valence-corrected chi connectivity index (χ2v) is 7.82. The highest BCUT2D eigenvalue weighted by Crippen LogP contribution is 2.26. The van der Waals surface area contributed by atoms with Crippen molar-refractivity contribution in [1.82, 2.24) is 16.0 Å². The van der Waals surface area contributed by atoms with Crippen LogP contribution in [0.4, 0.5) is 8.78 Å². The molecule has 4 atom stereocenters. The SMILES string of the molecule is C[C@H](NC(=O)[C@H](O)c1cc(F)cc(F)c1)C(=O)N[C@H]1C[C@@H](c2ccccc2)CCNC1=O. The lowest BCUT2D eigenvalue weighted by Gasteiger charge is -2.23. The molecule has 2 aromatic rings. The summed E-state index contributed by atoms with van der Waals surface area (Å²) in [5, 5.41) is 17.8. The van der Waals surface area contributed by atoms with Gasteiger partial charge in [-0.25, -0.2) is 8.78 Å². The van der Waals surface area contributed by atoms with Gasteiger partial charge >= 0.3 is 0 Å². The highest BCUT2D eigenvalue weighted by Gasteiger charge is 2.30. The molecule has 1 saturated heterocycles. The Labute approximate surface area is 184 Å². The molecule has 2 aromatic carbocycles. The van der Waals surface area contributed by atoms with E-state index < -0.39 is 41.6 Å². The van der Waals surface area contributed by atoms with E-state index in [-0.39, 0.29) is 17.4 Å². The van der Waals surface area contributed by atoms with E-state index in [1.165, 1.54) is 6.92 Å². The zero-order valence-electron chi connectivity index (χ0n) is 17.5. The molecular weight excluding hydrogens is 420 g/mol. The minimum Gasteiger partial charge on any atom is -0.378 e. The van der Waals surface area contributed by atoms with Crippen molar-refractivity contribution in [3.8, 4) is 0 Å². The van der Waals surface area contributed by atoms with Crippen LogP contribution in [0.5, 0.6) is 0 Å². The monoisotopic (exact) mass is 445 g/mol. The zero-order chi connectivity index (χ0) is 23.3. The number of aliphatic hydroxyl groups excluding tert-OH is 1. The summed E-state index contributed by atoms with van der Waals surface area (Å²) in [5.41, 5.74) is 0.788. The minimum absolute atomic E-state index is 0.0649. The fourth-order valence-electron chi connectivity index (χ4n) is 3.69. The maximum absolute atomic E-state index is 13.3. The van der Waals surface area contributed by atoms with Gasteiger partial charge in [0.25, 0.3) is 5.91 Å². The molecule has 32 heavy (non-hydrogen) atoms.